The van der Waals surface area contributed by atoms with Crippen LogP contribution in [0.1, 0.15) is 33.0 Å². The van der Waals surface area contributed by atoms with Crippen LogP contribution >= 0.6 is 11.8 Å². The van der Waals surface area contributed by atoms with Gasteiger partial charge in [0.1, 0.15) is 5.82 Å². The molecule has 0 aliphatic heterocycles. The Bertz CT molecular complexity index is 1020. The van der Waals surface area contributed by atoms with Crippen LogP contribution in [0.5, 0.6) is 0 Å². The maximum atomic E-state index is 12.7. The van der Waals surface area contributed by atoms with Crippen molar-refractivity contribution < 1.29 is 9.00 Å². The van der Waals surface area contributed by atoms with E-state index >= 15 is 0 Å². The van der Waals surface area contributed by atoms with Crippen LogP contribution in [0.15, 0.2) is 57.3 Å². The molecular weight excluding hydrogens is 392 g/mol. The van der Waals surface area contributed by atoms with Gasteiger partial charge in [-0.05, 0) is 24.3 Å². The SMILES string of the molecule is CNC(=O)CCS(=O)c1ccccc1Sc1ccc2nnc(C(C)(C)C)n2c1. The minimum Gasteiger partial charge on any atom is -0.359 e. The van der Waals surface area contributed by atoms with Crippen molar-refractivity contribution in [1.82, 2.24) is 19.9 Å². The van der Waals surface area contributed by atoms with Gasteiger partial charge in [0.25, 0.3) is 0 Å². The maximum Gasteiger partial charge on any atom is 0.220 e. The third kappa shape index (κ3) is 4.62. The van der Waals surface area contributed by atoms with Crippen molar-refractivity contribution in [1.29, 1.82) is 0 Å². The number of carbonyl (C=O) groups is 1. The highest BCUT2D eigenvalue weighted by molar-refractivity contribution is 8.00. The van der Waals surface area contributed by atoms with Gasteiger partial charge < -0.3 is 5.32 Å². The van der Waals surface area contributed by atoms with Crippen LogP contribution < -0.4 is 5.32 Å². The summed E-state index contributed by atoms with van der Waals surface area (Å²) in [6.45, 7) is 6.32. The van der Waals surface area contributed by atoms with Crippen LogP contribution in [0.3, 0.4) is 0 Å². The van der Waals surface area contributed by atoms with E-state index in [0.29, 0.717) is 5.75 Å². The summed E-state index contributed by atoms with van der Waals surface area (Å²) in [5.74, 6) is 1.09. The zero-order valence-electron chi connectivity index (χ0n) is 16.4. The molecule has 0 bridgehead atoms. The van der Waals surface area contributed by atoms with Crippen LogP contribution in [0.4, 0.5) is 0 Å². The molecule has 0 saturated carbocycles. The summed E-state index contributed by atoms with van der Waals surface area (Å²) >= 11 is 1.55. The average Bonchev–Trinajstić information content (AvgIpc) is 3.10. The van der Waals surface area contributed by atoms with E-state index in [0.717, 1.165) is 26.2 Å². The number of hydrogen-bond acceptors (Lipinski definition) is 5. The Labute approximate surface area is 171 Å². The quantitative estimate of drug-likeness (QED) is 0.666. The van der Waals surface area contributed by atoms with Gasteiger partial charge in [-0.2, -0.15) is 0 Å². The van der Waals surface area contributed by atoms with E-state index < -0.39 is 10.8 Å². The molecule has 2 aromatic heterocycles. The van der Waals surface area contributed by atoms with Gasteiger partial charge in [-0.25, -0.2) is 0 Å². The number of nitrogens with one attached hydrogen (secondary N) is 1. The lowest BCUT2D eigenvalue weighted by Gasteiger charge is -2.16. The van der Waals surface area contributed by atoms with Crippen molar-refractivity contribution in [2.75, 3.05) is 12.8 Å². The number of hydrogen-bond donors (Lipinski definition) is 1. The first-order valence-corrected chi connectivity index (χ1v) is 11.1. The Morgan fingerprint density at radius 2 is 1.93 bits per heavy atom. The minimum atomic E-state index is -1.24. The number of rotatable bonds is 6. The Morgan fingerprint density at radius 1 is 1.18 bits per heavy atom. The number of carbonyl (C=O) groups excluding carboxylic acids is 1. The fraction of sp³-hybridized carbons (Fsp3) is 0.350. The highest BCUT2D eigenvalue weighted by atomic mass is 32.2. The molecule has 28 heavy (non-hydrogen) atoms. The van der Waals surface area contributed by atoms with Gasteiger partial charge in [0.05, 0.1) is 15.7 Å². The minimum absolute atomic E-state index is 0.105. The largest absolute Gasteiger partial charge is 0.359 e. The summed E-state index contributed by atoms with van der Waals surface area (Å²) < 4.78 is 14.7. The highest BCUT2D eigenvalue weighted by Gasteiger charge is 2.21. The number of aromatic nitrogens is 3. The van der Waals surface area contributed by atoms with E-state index in [9.17, 15) is 9.00 Å². The van der Waals surface area contributed by atoms with E-state index in [1.807, 2.05) is 47.0 Å². The molecule has 8 heteroatoms. The summed E-state index contributed by atoms with van der Waals surface area (Å²) in [6, 6.07) is 11.6. The summed E-state index contributed by atoms with van der Waals surface area (Å²) in [7, 11) is 0.344. The number of benzene rings is 1. The van der Waals surface area contributed by atoms with Gasteiger partial charge in [0.15, 0.2) is 5.65 Å². The maximum absolute atomic E-state index is 12.7. The molecule has 3 aromatic rings. The molecule has 0 fully saturated rings. The zero-order chi connectivity index (χ0) is 20.3. The molecule has 0 spiro atoms. The van der Waals surface area contributed by atoms with Crippen LogP contribution in [0, 0.1) is 0 Å². The van der Waals surface area contributed by atoms with Crippen molar-refractivity contribution in [3.05, 3.63) is 48.4 Å². The predicted octanol–water partition coefficient (Wildman–Crippen LogP) is 3.42. The molecule has 0 aliphatic carbocycles. The normalized spacial score (nSPS) is 12.9. The predicted molar refractivity (Wildman–Crippen MR) is 112 cm³/mol. The Hall–Kier alpha value is -2.19. The molecule has 0 saturated heterocycles. The molecular formula is C20H24N4O2S2. The summed E-state index contributed by atoms with van der Waals surface area (Å²) in [6.07, 6.45) is 2.26. The first kappa shape index (κ1) is 20.5. The van der Waals surface area contributed by atoms with Crippen LogP contribution in [-0.4, -0.2) is 37.5 Å². The van der Waals surface area contributed by atoms with Crippen molar-refractivity contribution in [3.63, 3.8) is 0 Å². The van der Waals surface area contributed by atoms with E-state index in [1.54, 1.807) is 18.8 Å². The second kappa shape index (κ2) is 8.45. The molecule has 6 nitrogen and oxygen atoms in total. The second-order valence-corrected chi connectivity index (χ2v) is 10.0. The van der Waals surface area contributed by atoms with Gasteiger partial charge in [0.2, 0.25) is 5.91 Å². The van der Waals surface area contributed by atoms with Crippen LogP contribution in [0.2, 0.25) is 0 Å². The summed E-state index contributed by atoms with van der Waals surface area (Å²) in [5.41, 5.74) is 0.679. The average molecular weight is 417 g/mol. The fourth-order valence-electron chi connectivity index (χ4n) is 2.71. The van der Waals surface area contributed by atoms with Gasteiger partial charge in [-0.1, -0.05) is 44.7 Å². The van der Waals surface area contributed by atoms with Gasteiger partial charge >= 0.3 is 0 Å². The van der Waals surface area contributed by atoms with Gasteiger partial charge in [0, 0.05) is 40.6 Å². The molecule has 148 valence electrons. The molecule has 0 radical (unpaired) electrons. The van der Waals surface area contributed by atoms with Crippen molar-refractivity contribution in [3.8, 4) is 0 Å². The molecule has 3 rings (SSSR count). The smallest absolute Gasteiger partial charge is 0.220 e. The van der Waals surface area contributed by atoms with Gasteiger partial charge in [-0.15, -0.1) is 10.2 Å². The molecule has 1 N–H and O–H groups in total. The second-order valence-electron chi connectivity index (χ2n) is 7.39. The van der Waals surface area contributed by atoms with Crippen molar-refractivity contribution in [2.45, 2.75) is 47.3 Å². The van der Waals surface area contributed by atoms with E-state index in [2.05, 4.69) is 36.3 Å². The monoisotopic (exact) mass is 416 g/mol. The number of amides is 1. The van der Waals surface area contributed by atoms with Crippen LogP contribution in [-0.2, 0) is 21.0 Å². The lowest BCUT2D eigenvalue weighted by molar-refractivity contribution is -0.120. The van der Waals surface area contributed by atoms with Crippen molar-refractivity contribution in [2.24, 2.45) is 0 Å². The first-order chi connectivity index (χ1) is 13.3. The molecule has 2 heterocycles. The van der Waals surface area contributed by atoms with Crippen LogP contribution in [0.25, 0.3) is 5.65 Å². The Balaban J connectivity index is 1.88. The Kier molecular flexibility index (Phi) is 6.20. The number of nitrogens with zero attached hydrogens (tertiary/aromatic N) is 3. The van der Waals surface area contributed by atoms with E-state index in [-0.39, 0.29) is 17.7 Å². The zero-order valence-corrected chi connectivity index (χ0v) is 18.1. The third-order valence-corrected chi connectivity index (χ3v) is 6.77. The molecule has 1 amide bonds. The molecule has 1 atom stereocenters. The Morgan fingerprint density at radius 3 is 2.64 bits per heavy atom. The lowest BCUT2D eigenvalue weighted by Crippen LogP contribution is -2.19. The number of pyridine rings is 1. The summed E-state index contributed by atoms with van der Waals surface area (Å²) in [5, 5.41) is 11.1. The molecule has 0 aliphatic rings. The standard InChI is InChI=1S/C20H24N4O2S2/c1-20(2,3)19-23-22-17-10-9-14(13-24(17)19)27-15-7-5-6-8-16(15)28(26)12-11-18(25)21-4/h5-10,13H,11-12H2,1-4H3,(H,21,25). The highest BCUT2D eigenvalue weighted by Crippen LogP contribution is 2.33. The van der Waals surface area contributed by atoms with E-state index in [1.165, 1.54) is 0 Å². The number of fused-ring (bicyclic) bond motifs is 1. The van der Waals surface area contributed by atoms with E-state index in [4.69, 9.17) is 0 Å². The lowest BCUT2D eigenvalue weighted by atomic mass is 9.96. The molecule has 1 unspecified atom stereocenters. The first-order valence-electron chi connectivity index (χ1n) is 9.00. The topological polar surface area (TPSA) is 76.4 Å². The third-order valence-electron chi connectivity index (χ3n) is 4.16. The van der Waals surface area contributed by atoms with Crippen molar-refractivity contribution >= 4 is 34.1 Å². The van der Waals surface area contributed by atoms with Gasteiger partial charge in [-0.3, -0.25) is 13.4 Å². The summed E-state index contributed by atoms with van der Waals surface area (Å²) in [4.78, 5) is 14.1. The fourth-order valence-corrected chi connectivity index (χ4v) is 5.09. The molecule has 1 aromatic carbocycles.